The summed E-state index contributed by atoms with van der Waals surface area (Å²) in [5.74, 6) is -0.218. The van der Waals surface area contributed by atoms with Gasteiger partial charge in [-0.1, -0.05) is 22.9 Å². The molecule has 2 nitrogen and oxygen atoms in total. The second-order valence-electron chi connectivity index (χ2n) is 3.54. The van der Waals surface area contributed by atoms with E-state index < -0.39 is 0 Å². The Hall–Kier alpha value is -0.450. The first-order valence-corrected chi connectivity index (χ1v) is 6.25. The molecule has 0 aliphatic rings. The molecule has 16 heavy (non-hydrogen) atoms. The van der Waals surface area contributed by atoms with Gasteiger partial charge >= 0.3 is 0 Å². The highest BCUT2D eigenvalue weighted by Gasteiger charge is 2.02. The van der Waals surface area contributed by atoms with E-state index in [1.165, 1.54) is 6.07 Å². The average molecular weight is 290 g/mol. The monoisotopic (exact) mass is 289 g/mol. The number of nitrogens with one attached hydrogen (secondary N) is 1. The Labute approximate surface area is 104 Å². The molecule has 0 atom stereocenters. The fourth-order valence-electron chi connectivity index (χ4n) is 1.28. The van der Waals surface area contributed by atoms with Crippen molar-refractivity contribution < 1.29 is 9.13 Å². The van der Waals surface area contributed by atoms with Crippen LogP contribution in [0.3, 0.4) is 0 Å². The van der Waals surface area contributed by atoms with Gasteiger partial charge in [0.1, 0.15) is 5.82 Å². The topological polar surface area (TPSA) is 21.3 Å². The standard InChI is InChI=1S/C12H17BrFNO/c1-2-5-15-6-7-16-9-10-8-11(13)3-4-12(10)14/h3-4,8,15H,2,5-7,9H2,1H3. The zero-order chi connectivity index (χ0) is 11.8. The molecule has 0 spiro atoms. The van der Waals surface area contributed by atoms with Crippen LogP contribution < -0.4 is 5.32 Å². The van der Waals surface area contributed by atoms with Gasteiger partial charge < -0.3 is 10.1 Å². The SMILES string of the molecule is CCCNCCOCc1cc(Br)ccc1F. The van der Waals surface area contributed by atoms with Gasteiger partial charge in [-0.05, 0) is 31.2 Å². The van der Waals surface area contributed by atoms with Gasteiger partial charge in [0, 0.05) is 16.6 Å². The molecule has 4 heteroatoms. The molecule has 0 amide bonds. The van der Waals surface area contributed by atoms with E-state index in [4.69, 9.17) is 4.74 Å². The Bertz CT molecular complexity index is 320. The van der Waals surface area contributed by atoms with Gasteiger partial charge in [-0.3, -0.25) is 0 Å². The Morgan fingerprint density at radius 3 is 2.94 bits per heavy atom. The van der Waals surface area contributed by atoms with Crippen LogP contribution in [0.1, 0.15) is 18.9 Å². The highest BCUT2D eigenvalue weighted by molar-refractivity contribution is 9.10. The van der Waals surface area contributed by atoms with Crippen LogP contribution in [0.4, 0.5) is 4.39 Å². The molecule has 0 saturated heterocycles. The third-order valence-corrected chi connectivity index (χ3v) is 2.61. The smallest absolute Gasteiger partial charge is 0.128 e. The minimum atomic E-state index is -0.218. The van der Waals surface area contributed by atoms with E-state index in [0.717, 1.165) is 24.0 Å². The summed E-state index contributed by atoms with van der Waals surface area (Å²) in [6, 6.07) is 4.87. The van der Waals surface area contributed by atoms with Gasteiger partial charge in [0.2, 0.25) is 0 Å². The maximum absolute atomic E-state index is 13.3. The summed E-state index contributed by atoms with van der Waals surface area (Å²) >= 11 is 3.30. The molecule has 0 aromatic heterocycles. The van der Waals surface area contributed by atoms with Crippen molar-refractivity contribution in [2.75, 3.05) is 19.7 Å². The van der Waals surface area contributed by atoms with Crippen molar-refractivity contribution in [3.8, 4) is 0 Å². The molecule has 0 unspecified atom stereocenters. The lowest BCUT2D eigenvalue weighted by atomic mass is 10.2. The lowest BCUT2D eigenvalue weighted by molar-refractivity contribution is 0.120. The summed E-state index contributed by atoms with van der Waals surface area (Å²) < 4.78 is 19.5. The predicted molar refractivity (Wildman–Crippen MR) is 66.9 cm³/mol. The minimum absolute atomic E-state index is 0.218. The Morgan fingerprint density at radius 1 is 1.38 bits per heavy atom. The van der Waals surface area contributed by atoms with Crippen LogP contribution >= 0.6 is 15.9 Å². The van der Waals surface area contributed by atoms with E-state index in [0.29, 0.717) is 18.8 Å². The van der Waals surface area contributed by atoms with Crippen molar-refractivity contribution in [2.24, 2.45) is 0 Å². The number of hydrogen-bond donors (Lipinski definition) is 1. The van der Waals surface area contributed by atoms with E-state index in [2.05, 4.69) is 28.2 Å². The van der Waals surface area contributed by atoms with Gasteiger partial charge in [0.05, 0.1) is 13.2 Å². The molecule has 0 aliphatic carbocycles. The second-order valence-corrected chi connectivity index (χ2v) is 4.45. The average Bonchev–Trinajstić information content (AvgIpc) is 2.28. The molecule has 0 saturated carbocycles. The summed E-state index contributed by atoms with van der Waals surface area (Å²) in [4.78, 5) is 0. The normalized spacial score (nSPS) is 10.7. The first-order valence-electron chi connectivity index (χ1n) is 5.46. The third kappa shape index (κ3) is 5.05. The van der Waals surface area contributed by atoms with Crippen LogP contribution in [0.25, 0.3) is 0 Å². The van der Waals surface area contributed by atoms with Crippen molar-refractivity contribution in [1.82, 2.24) is 5.32 Å². The minimum Gasteiger partial charge on any atom is -0.375 e. The largest absolute Gasteiger partial charge is 0.375 e. The molecule has 0 aliphatic heterocycles. The quantitative estimate of drug-likeness (QED) is 0.779. The zero-order valence-electron chi connectivity index (χ0n) is 9.43. The van der Waals surface area contributed by atoms with Gasteiger partial charge in [-0.25, -0.2) is 4.39 Å². The van der Waals surface area contributed by atoms with Crippen LogP contribution in [0.5, 0.6) is 0 Å². The van der Waals surface area contributed by atoms with E-state index in [-0.39, 0.29) is 5.82 Å². The van der Waals surface area contributed by atoms with Crippen molar-refractivity contribution in [3.63, 3.8) is 0 Å². The molecule has 1 N–H and O–H groups in total. The number of rotatable bonds is 7. The maximum atomic E-state index is 13.3. The van der Waals surface area contributed by atoms with E-state index in [1.54, 1.807) is 12.1 Å². The van der Waals surface area contributed by atoms with Crippen molar-refractivity contribution in [2.45, 2.75) is 20.0 Å². The molecule has 0 heterocycles. The molecule has 1 aromatic carbocycles. The van der Waals surface area contributed by atoms with Crippen LogP contribution in [-0.4, -0.2) is 19.7 Å². The molecule has 1 aromatic rings. The van der Waals surface area contributed by atoms with Crippen LogP contribution in [0, 0.1) is 5.82 Å². The van der Waals surface area contributed by atoms with E-state index >= 15 is 0 Å². The first kappa shape index (κ1) is 13.6. The highest BCUT2D eigenvalue weighted by atomic mass is 79.9. The third-order valence-electron chi connectivity index (χ3n) is 2.12. The molecule has 0 bridgehead atoms. The number of halogens is 2. The van der Waals surface area contributed by atoms with Crippen LogP contribution in [0.2, 0.25) is 0 Å². The Morgan fingerprint density at radius 2 is 2.19 bits per heavy atom. The van der Waals surface area contributed by atoms with Gasteiger partial charge in [0.15, 0.2) is 0 Å². The molecular formula is C12H17BrFNO. The maximum Gasteiger partial charge on any atom is 0.128 e. The molecule has 1 rings (SSSR count). The zero-order valence-corrected chi connectivity index (χ0v) is 11.0. The summed E-state index contributed by atoms with van der Waals surface area (Å²) in [6.07, 6.45) is 1.11. The lowest BCUT2D eigenvalue weighted by Crippen LogP contribution is -2.20. The highest BCUT2D eigenvalue weighted by Crippen LogP contribution is 2.16. The van der Waals surface area contributed by atoms with Gasteiger partial charge in [-0.15, -0.1) is 0 Å². The number of hydrogen-bond acceptors (Lipinski definition) is 2. The van der Waals surface area contributed by atoms with Gasteiger partial charge in [0.25, 0.3) is 0 Å². The van der Waals surface area contributed by atoms with Crippen molar-refractivity contribution in [3.05, 3.63) is 34.1 Å². The van der Waals surface area contributed by atoms with E-state index in [1.807, 2.05) is 0 Å². The lowest BCUT2D eigenvalue weighted by Gasteiger charge is -2.06. The summed E-state index contributed by atoms with van der Waals surface area (Å²) in [7, 11) is 0. The predicted octanol–water partition coefficient (Wildman–Crippen LogP) is 3.10. The molecule has 0 fully saturated rings. The summed E-state index contributed by atoms with van der Waals surface area (Å²) in [5.41, 5.74) is 0.588. The fourth-order valence-corrected chi connectivity index (χ4v) is 1.69. The number of ether oxygens (including phenoxy) is 1. The van der Waals surface area contributed by atoms with Crippen LogP contribution in [0.15, 0.2) is 22.7 Å². The first-order chi connectivity index (χ1) is 7.74. The fraction of sp³-hybridized carbons (Fsp3) is 0.500. The molecular weight excluding hydrogens is 273 g/mol. The Kier molecular flexibility index (Phi) is 6.61. The van der Waals surface area contributed by atoms with Crippen molar-refractivity contribution >= 4 is 15.9 Å². The van der Waals surface area contributed by atoms with Crippen molar-refractivity contribution in [1.29, 1.82) is 0 Å². The molecule has 90 valence electrons. The van der Waals surface area contributed by atoms with E-state index in [9.17, 15) is 4.39 Å². The second kappa shape index (κ2) is 7.76. The summed E-state index contributed by atoms with van der Waals surface area (Å²) in [6.45, 7) is 4.84. The van der Waals surface area contributed by atoms with Crippen LogP contribution in [-0.2, 0) is 11.3 Å². The Balaban J connectivity index is 2.23. The summed E-state index contributed by atoms with van der Waals surface area (Å²) in [5, 5.41) is 3.22. The van der Waals surface area contributed by atoms with Gasteiger partial charge in [-0.2, -0.15) is 0 Å². The number of benzene rings is 1. The molecule has 0 radical (unpaired) electrons.